The molecule has 21 heavy (non-hydrogen) atoms. The Labute approximate surface area is 125 Å². The van der Waals surface area contributed by atoms with E-state index < -0.39 is 0 Å². The Hall–Kier alpha value is -1.68. The molecule has 0 saturated heterocycles. The first-order chi connectivity index (χ1) is 10.4. The molecule has 1 atom stereocenters. The topological polar surface area (TPSA) is 41.5 Å². The molecule has 0 saturated carbocycles. The molecule has 2 N–H and O–H groups in total. The smallest absolute Gasteiger partial charge is 0.0952 e. The molecule has 1 heterocycles. The van der Waals surface area contributed by atoms with Crippen LogP contribution in [-0.2, 0) is 24.3 Å². The highest BCUT2D eigenvalue weighted by Gasteiger charge is 2.19. The van der Waals surface area contributed by atoms with E-state index in [1.54, 1.807) is 0 Å². The predicted octanol–water partition coefficient (Wildman–Crippen LogP) is 2.58. The Morgan fingerprint density at radius 2 is 1.81 bits per heavy atom. The summed E-state index contributed by atoms with van der Waals surface area (Å²) in [4.78, 5) is 0. The molecular weight excluding hydrogens is 262 g/mol. The van der Waals surface area contributed by atoms with Crippen LogP contribution in [-0.4, -0.2) is 18.3 Å². The highest BCUT2D eigenvalue weighted by Crippen LogP contribution is 2.26. The van der Waals surface area contributed by atoms with Crippen LogP contribution < -0.4 is 5.32 Å². The quantitative estimate of drug-likeness (QED) is 0.886. The Morgan fingerprint density at radius 3 is 2.62 bits per heavy atom. The van der Waals surface area contributed by atoms with Gasteiger partial charge in [-0.2, -0.15) is 0 Å². The molecule has 0 fully saturated rings. The number of nitrogens with one attached hydrogen (secondary N) is 1. The molecule has 3 nitrogen and oxygen atoms in total. The Morgan fingerprint density at radius 1 is 1.05 bits per heavy atom. The number of hydrogen-bond acceptors (Lipinski definition) is 3. The summed E-state index contributed by atoms with van der Waals surface area (Å²) in [6.45, 7) is 2.53. The van der Waals surface area contributed by atoms with Gasteiger partial charge in [-0.05, 0) is 28.7 Å². The molecule has 110 valence electrons. The molecule has 3 rings (SSSR count). The number of aliphatic hydroxyl groups excluding tert-OH is 1. The number of rotatable bonds is 5. The van der Waals surface area contributed by atoms with Crippen molar-refractivity contribution in [2.24, 2.45) is 0 Å². The minimum absolute atomic E-state index is 0.0976. The van der Waals surface area contributed by atoms with Gasteiger partial charge in [-0.15, -0.1) is 0 Å². The molecule has 3 heteroatoms. The maximum Gasteiger partial charge on any atom is 0.0952 e. The first-order valence-electron chi connectivity index (χ1n) is 7.45. The molecule has 0 aliphatic carbocycles. The molecule has 2 aromatic carbocycles. The summed E-state index contributed by atoms with van der Waals surface area (Å²) >= 11 is 0. The molecule has 2 aromatic rings. The van der Waals surface area contributed by atoms with Crippen LogP contribution in [0.5, 0.6) is 0 Å². The van der Waals surface area contributed by atoms with Gasteiger partial charge in [-0.3, -0.25) is 0 Å². The lowest BCUT2D eigenvalue weighted by Gasteiger charge is -2.26. The van der Waals surface area contributed by atoms with Gasteiger partial charge >= 0.3 is 0 Å². The van der Waals surface area contributed by atoms with Crippen LogP contribution in [0.1, 0.15) is 28.4 Å². The summed E-state index contributed by atoms with van der Waals surface area (Å²) in [5, 5.41) is 12.5. The first kappa shape index (κ1) is 14.3. The van der Waals surface area contributed by atoms with Crippen molar-refractivity contribution in [1.82, 2.24) is 5.32 Å². The van der Waals surface area contributed by atoms with E-state index in [9.17, 15) is 0 Å². The number of ether oxygens (including phenoxy) is 1. The molecule has 0 bridgehead atoms. The van der Waals surface area contributed by atoms with Gasteiger partial charge in [-0.1, -0.05) is 48.5 Å². The van der Waals surface area contributed by atoms with Crippen LogP contribution in [0.3, 0.4) is 0 Å². The molecule has 0 spiro atoms. The van der Waals surface area contributed by atoms with Crippen molar-refractivity contribution in [3.63, 3.8) is 0 Å². The zero-order valence-electron chi connectivity index (χ0n) is 12.1. The highest BCUT2D eigenvalue weighted by molar-refractivity contribution is 5.31. The number of hydrogen-bond donors (Lipinski definition) is 2. The van der Waals surface area contributed by atoms with E-state index in [-0.39, 0.29) is 12.7 Å². The average Bonchev–Trinajstić information content (AvgIpc) is 2.56. The van der Waals surface area contributed by atoms with Crippen LogP contribution >= 0.6 is 0 Å². The fourth-order valence-electron chi connectivity index (χ4n) is 2.76. The zero-order valence-corrected chi connectivity index (χ0v) is 12.1. The van der Waals surface area contributed by atoms with Crippen LogP contribution in [0.25, 0.3) is 0 Å². The van der Waals surface area contributed by atoms with E-state index >= 15 is 0 Å². The molecular formula is C18H21NO2. The Balaban J connectivity index is 1.56. The maximum atomic E-state index is 9.04. The van der Waals surface area contributed by atoms with Gasteiger partial charge in [0, 0.05) is 13.1 Å². The average molecular weight is 283 g/mol. The van der Waals surface area contributed by atoms with Gasteiger partial charge in [0.2, 0.25) is 0 Å². The maximum absolute atomic E-state index is 9.04. The predicted molar refractivity (Wildman–Crippen MR) is 82.9 cm³/mol. The number of benzene rings is 2. The summed E-state index contributed by atoms with van der Waals surface area (Å²) in [6.07, 6.45) is 1.15. The lowest BCUT2D eigenvalue weighted by molar-refractivity contribution is 0.0423. The molecule has 1 aliphatic heterocycles. The fraction of sp³-hybridized carbons (Fsp3) is 0.333. The van der Waals surface area contributed by atoms with Crippen molar-refractivity contribution in [2.45, 2.75) is 25.7 Å². The second-order valence-corrected chi connectivity index (χ2v) is 5.41. The van der Waals surface area contributed by atoms with Gasteiger partial charge in [0.25, 0.3) is 0 Å². The van der Waals surface area contributed by atoms with Crippen LogP contribution in [0.4, 0.5) is 0 Å². The summed E-state index contributed by atoms with van der Waals surface area (Å²) < 4.78 is 5.88. The second-order valence-electron chi connectivity index (χ2n) is 5.41. The van der Waals surface area contributed by atoms with E-state index in [4.69, 9.17) is 9.84 Å². The SMILES string of the molecule is OCc1ccc(CNCC2OCCc3ccccc32)cc1. The Kier molecular flexibility index (Phi) is 4.65. The van der Waals surface area contributed by atoms with Gasteiger partial charge in [0.1, 0.15) is 0 Å². The van der Waals surface area contributed by atoms with E-state index in [0.29, 0.717) is 0 Å². The molecule has 0 amide bonds. The van der Waals surface area contributed by atoms with Crippen molar-refractivity contribution in [1.29, 1.82) is 0 Å². The molecule has 0 radical (unpaired) electrons. The normalized spacial score (nSPS) is 17.5. The lowest BCUT2D eigenvalue weighted by Crippen LogP contribution is -2.27. The fourth-order valence-corrected chi connectivity index (χ4v) is 2.76. The van der Waals surface area contributed by atoms with Crippen molar-refractivity contribution in [2.75, 3.05) is 13.2 Å². The van der Waals surface area contributed by atoms with Gasteiger partial charge in [-0.25, -0.2) is 0 Å². The monoisotopic (exact) mass is 283 g/mol. The first-order valence-corrected chi connectivity index (χ1v) is 7.45. The van der Waals surface area contributed by atoms with Crippen molar-refractivity contribution >= 4 is 0 Å². The van der Waals surface area contributed by atoms with E-state index in [1.165, 1.54) is 16.7 Å². The van der Waals surface area contributed by atoms with Crippen molar-refractivity contribution in [3.8, 4) is 0 Å². The van der Waals surface area contributed by atoms with Crippen molar-refractivity contribution in [3.05, 3.63) is 70.8 Å². The minimum Gasteiger partial charge on any atom is -0.392 e. The van der Waals surface area contributed by atoms with Crippen LogP contribution in [0, 0.1) is 0 Å². The summed E-state index contributed by atoms with van der Waals surface area (Å²) in [5.74, 6) is 0. The Bertz CT molecular complexity index is 580. The third kappa shape index (κ3) is 3.50. The number of aliphatic hydroxyl groups is 1. The van der Waals surface area contributed by atoms with Gasteiger partial charge in [0.05, 0.1) is 19.3 Å². The summed E-state index contributed by atoms with van der Waals surface area (Å²) in [7, 11) is 0. The van der Waals surface area contributed by atoms with Gasteiger partial charge < -0.3 is 15.2 Å². The summed E-state index contributed by atoms with van der Waals surface area (Å²) in [6, 6.07) is 16.6. The van der Waals surface area contributed by atoms with Crippen LogP contribution in [0.15, 0.2) is 48.5 Å². The van der Waals surface area contributed by atoms with Gasteiger partial charge in [0.15, 0.2) is 0 Å². The number of fused-ring (bicyclic) bond motifs is 1. The van der Waals surface area contributed by atoms with E-state index in [2.05, 4.69) is 29.6 Å². The van der Waals surface area contributed by atoms with E-state index in [0.717, 1.165) is 31.7 Å². The zero-order chi connectivity index (χ0) is 14.5. The third-order valence-corrected chi connectivity index (χ3v) is 3.96. The third-order valence-electron chi connectivity index (χ3n) is 3.96. The highest BCUT2D eigenvalue weighted by atomic mass is 16.5. The second kappa shape index (κ2) is 6.85. The largest absolute Gasteiger partial charge is 0.392 e. The van der Waals surface area contributed by atoms with Crippen molar-refractivity contribution < 1.29 is 9.84 Å². The van der Waals surface area contributed by atoms with E-state index in [1.807, 2.05) is 24.3 Å². The lowest BCUT2D eigenvalue weighted by atomic mass is 9.97. The standard InChI is InChI=1S/C18H21NO2/c20-13-15-7-5-14(6-8-15)11-19-12-18-17-4-2-1-3-16(17)9-10-21-18/h1-8,18-20H,9-13H2. The minimum atomic E-state index is 0.0976. The summed E-state index contributed by atoms with van der Waals surface area (Å²) in [5.41, 5.74) is 4.88. The molecule has 1 unspecified atom stereocenters. The molecule has 0 aromatic heterocycles. The van der Waals surface area contributed by atoms with Crippen LogP contribution in [0.2, 0.25) is 0 Å². The molecule has 1 aliphatic rings.